The standard InChI is InChI=1S/C15H32N4O3SSi.C10H22N4Si.C2H4O3S.2Na/c1-5-8-18(10-11-23(20,21)22)13-15-14-19(17-16-15)9-6-7-12-24(2,3)4;1-15(2,3)7-5-4-6-14-9-10(8-11)12-13-14;1-2-6(3,4)5;;/h14H,5-13H2,1-4H3,(H,20,21,22);9H,4-8,11H2,1-3H3;2H,1H2,(H,3,4,5);;/q;;;2*+1/p-2. The minimum atomic E-state index is -4.18. The Bertz CT molecular complexity index is 1310. The maximum absolute atomic E-state index is 10.8. The van der Waals surface area contributed by atoms with Gasteiger partial charge in [0.15, 0.2) is 0 Å². The molecule has 0 spiro atoms. The van der Waals surface area contributed by atoms with E-state index >= 15 is 0 Å². The molecular weight excluding hydrogens is 699 g/mol. The number of unbranched alkanes of at least 4 members (excludes halogenated alkanes) is 2. The molecule has 0 atom stereocenters. The normalized spacial score (nSPS) is 11.8. The van der Waals surface area contributed by atoms with Crippen LogP contribution in [0, 0.1) is 0 Å². The van der Waals surface area contributed by atoms with Crippen molar-refractivity contribution in [2.45, 2.75) is 117 Å². The number of nitrogens with two attached hydrogens (primary N) is 1. The minimum absolute atomic E-state index is 0. The fraction of sp³-hybridized carbons (Fsp3) is 0.778. The summed E-state index contributed by atoms with van der Waals surface area (Å²) in [5.41, 5.74) is 7.16. The van der Waals surface area contributed by atoms with Crippen molar-refractivity contribution in [3.05, 3.63) is 35.8 Å². The van der Waals surface area contributed by atoms with Gasteiger partial charge >= 0.3 is 59.1 Å². The van der Waals surface area contributed by atoms with E-state index in [4.69, 9.17) is 5.73 Å². The van der Waals surface area contributed by atoms with Crippen LogP contribution in [-0.4, -0.2) is 95.8 Å². The molecule has 0 radical (unpaired) electrons. The topological polar surface area (TPSA) is 205 Å². The maximum atomic E-state index is 10.8. The molecule has 2 heterocycles. The fourth-order valence-corrected chi connectivity index (χ4v) is 7.08. The summed E-state index contributed by atoms with van der Waals surface area (Å²) >= 11 is 0. The zero-order chi connectivity index (χ0) is 34.7. The third-order valence-corrected chi connectivity index (χ3v) is 11.1. The van der Waals surface area contributed by atoms with E-state index in [1.165, 1.54) is 31.4 Å². The Morgan fingerprint density at radius 2 is 1.26 bits per heavy atom. The molecule has 262 valence electrons. The molecule has 0 aliphatic heterocycles. The van der Waals surface area contributed by atoms with Gasteiger partial charge in [0.05, 0.1) is 27.3 Å². The van der Waals surface area contributed by atoms with Crippen LogP contribution in [0.5, 0.6) is 0 Å². The van der Waals surface area contributed by atoms with Gasteiger partial charge in [0.1, 0.15) is 10.1 Å². The molecule has 0 bridgehead atoms. The van der Waals surface area contributed by atoms with E-state index in [-0.39, 0.29) is 71.4 Å². The van der Waals surface area contributed by atoms with E-state index in [1.807, 2.05) is 33.6 Å². The molecule has 0 unspecified atom stereocenters. The van der Waals surface area contributed by atoms with Gasteiger partial charge in [0.2, 0.25) is 0 Å². The molecule has 0 aliphatic carbocycles. The number of rotatable bonds is 19. The van der Waals surface area contributed by atoms with Gasteiger partial charge in [-0.15, -0.1) is 10.2 Å². The van der Waals surface area contributed by atoms with Crippen molar-refractivity contribution < 1.29 is 85.1 Å². The largest absolute Gasteiger partial charge is 1.00 e. The second-order valence-corrected chi connectivity index (χ2v) is 27.5. The van der Waals surface area contributed by atoms with E-state index in [1.54, 1.807) is 0 Å². The van der Waals surface area contributed by atoms with E-state index in [9.17, 15) is 25.9 Å². The van der Waals surface area contributed by atoms with Crippen molar-refractivity contribution in [2.24, 2.45) is 5.73 Å². The molecule has 2 aromatic heterocycles. The Labute approximate surface area is 330 Å². The van der Waals surface area contributed by atoms with Gasteiger partial charge in [-0.3, -0.25) is 14.3 Å². The number of hydrogen-bond acceptors (Lipinski definition) is 12. The van der Waals surface area contributed by atoms with Crippen molar-refractivity contribution in [1.82, 2.24) is 34.9 Å². The van der Waals surface area contributed by atoms with Gasteiger partial charge < -0.3 is 14.8 Å². The average Bonchev–Trinajstić information content (AvgIpc) is 3.56. The molecule has 0 saturated carbocycles. The third-order valence-electron chi connectivity index (χ3n) is 6.30. The second kappa shape index (κ2) is 26.0. The van der Waals surface area contributed by atoms with E-state index < -0.39 is 36.4 Å². The van der Waals surface area contributed by atoms with Crippen LogP contribution in [0.4, 0.5) is 0 Å². The Morgan fingerprint density at radius 1 is 0.830 bits per heavy atom. The monoisotopic (exact) mass is 754 g/mol. The van der Waals surface area contributed by atoms with Crippen LogP contribution in [0.25, 0.3) is 0 Å². The molecular formula is C27H56N8Na2O6S2Si2. The summed E-state index contributed by atoms with van der Waals surface area (Å²) in [6.07, 6.45) is 9.56. The van der Waals surface area contributed by atoms with Crippen molar-refractivity contribution >= 4 is 36.4 Å². The molecule has 20 heteroatoms. The molecule has 0 saturated heterocycles. The van der Waals surface area contributed by atoms with Gasteiger partial charge in [-0.05, 0) is 25.8 Å². The molecule has 2 rings (SSSR count). The van der Waals surface area contributed by atoms with Gasteiger partial charge in [0, 0.05) is 66.7 Å². The first-order valence-corrected chi connectivity index (χ1v) is 25.8. The van der Waals surface area contributed by atoms with Crippen LogP contribution in [0.1, 0.15) is 50.4 Å². The minimum Gasteiger partial charge on any atom is -0.748 e. The smallest absolute Gasteiger partial charge is 0.748 e. The van der Waals surface area contributed by atoms with Crippen molar-refractivity contribution in [2.75, 3.05) is 18.8 Å². The van der Waals surface area contributed by atoms with Crippen molar-refractivity contribution in [3.63, 3.8) is 0 Å². The molecule has 2 aromatic rings. The molecule has 47 heavy (non-hydrogen) atoms. The second-order valence-electron chi connectivity index (χ2n) is 13.4. The number of aromatic nitrogens is 6. The first-order valence-electron chi connectivity index (χ1n) is 15.4. The Hall–Kier alpha value is 0.194. The van der Waals surface area contributed by atoms with Crippen LogP contribution in [0.3, 0.4) is 0 Å². The van der Waals surface area contributed by atoms with Gasteiger partial charge in [0.25, 0.3) is 0 Å². The molecule has 0 fully saturated rings. The van der Waals surface area contributed by atoms with E-state index in [2.05, 4.69) is 66.5 Å². The van der Waals surface area contributed by atoms with Crippen LogP contribution < -0.4 is 64.8 Å². The molecule has 0 aromatic carbocycles. The summed E-state index contributed by atoms with van der Waals surface area (Å²) in [7, 11) is -10.2. The summed E-state index contributed by atoms with van der Waals surface area (Å²) in [6, 6.07) is 2.72. The maximum Gasteiger partial charge on any atom is 1.00 e. The quantitative estimate of drug-likeness (QED) is 0.0913. The van der Waals surface area contributed by atoms with Crippen LogP contribution in [0.2, 0.25) is 51.4 Å². The van der Waals surface area contributed by atoms with Crippen LogP contribution in [-0.2, 0) is 46.4 Å². The molecule has 0 aliphatic rings. The SMILES string of the molecule is C=CS(=O)(=O)[O-].CCCN(CCS(=O)(=O)[O-])Cc1cn(CCCC[Si](C)(C)C)nn1.C[Si](C)(C)CCCCn1cc(CN)nn1.[Na+].[Na+]. The van der Waals surface area contributed by atoms with Gasteiger partial charge in [-0.1, -0.05) is 88.1 Å². The van der Waals surface area contributed by atoms with Crippen molar-refractivity contribution in [3.8, 4) is 0 Å². The predicted molar refractivity (Wildman–Crippen MR) is 183 cm³/mol. The number of aryl methyl sites for hydroxylation is 2. The van der Waals surface area contributed by atoms with E-state index in [0.717, 1.165) is 43.9 Å². The number of hydrogen-bond donors (Lipinski definition) is 1. The summed E-state index contributed by atoms with van der Waals surface area (Å²) < 4.78 is 64.1. The zero-order valence-corrected chi connectivity index (χ0v) is 37.9. The molecule has 14 nitrogen and oxygen atoms in total. The predicted octanol–water partition coefficient (Wildman–Crippen LogP) is -2.31. The summed E-state index contributed by atoms with van der Waals surface area (Å²) in [6.45, 7) is 22.9. The average molecular weight is 755 g/mol. The first kappa shape index (κ1) is 51.6. The van der Waals surface area contributed by atoms with Gasteiger partial charge in [-0.2, -0.15) is 0 Å². The zero-order valence-electron chi connectivity index (χ0n) is 30.3. The molecule has 2 N–H and O–H groups in total. The van der Waals surface area contributed by atoms with Crippen LogP contribution in [0.15, 0.2) is 24.4 Å². The molecule has 0 amide bonds. The van der Waals surface area contributed by atoms with E-state index in [0.29, 0.717) is 18.5 Å². The number of nitrogens with zero attached hydrogens (tertiary/aromatic N) is 7. The Kier molecular flexibility index (Phi) is 28.6. The Balaban J connectivity index is -0.000000719. The first-order chi connectivity index (χ1) is 20.7. The summed E-state index contributed by atoms with van der Waals surface area (Å²) in [5, 5.41) is 16.6. The Morgan fingerprint density at radius 3 is 1.60 bits per heavy atom. The van der Waals surface area contributed by atoms with Crippen molar-refractivity contribution in [1.29, 1.82) is 0 Å². The van der Waals surface area contributed by atoms with Gasteiger partial charge in [-0.25, -0.2) is 16.8 Å². The summed E-state index contributed by atoms with van der Waals surface area (Å²) in [5.74, 6) is -0.363. The third kappa shape index (κ3) is 33.1. The summed E-state index contributed by atoms with van der Waals surface area (Å²) in [4.78, 5) is 1.94. The fourth-order valence-electron chi connectivity index (χ4n) is 3.98. The van der Waals surface area contributed by atoms with Crippen LogP contribution >= 0.6 is 0 Å².